The van der Waals surface area contributed by atoms with Crippen LogP contribution in [0.25, 0.3) is 0 Å². The number of hydrogen-bond acceptors (Lipinski definition) is 4. The van der Waals surface area contributed by atoms with Crippen LogP contribution in [0, 0.1) is 13.8 Å². The molecule has 3 aromatic rings. The van der Waals surface area contributed by atoms with Crippen molar-refractivity contribution in [3.8, 4) is 0 Å². The first-order valence-electron chi connectivity index (χ1n) is 15.5. The number of carbonyl (C=O) groups excluding carboxylic acids is 2. The smallest absolute Gasteiger partial charge is 0.264 e. The topological polar surface area (TPSA) is 86.8 Å². The van der Waals surface area contributed by atoms with Crippen LogP contribution in [0.15, 0.2) is 77.7 Å². The number of amides is 2. The largest absolute Gasteiger partial charge is 0.352 e. The first kappa shape index (κ1) is 32.3. The lowest BCUT2D eigenvalue weighted by atomic mass is 9.95. The summed E-state index contributed by atoms with van der Waals surface area (Å²) in [7, 11) is -4.10. The molecule has 0 bridgehead atoms. The minimum atomic E-state index is -4.10. The van der Waals surface area contributed by atoms with Crippen LogP contribution >= 0.6 is 0 Å². The Morgan fingerprint density at radius 3 is 2.23 bits per heavy atom. The Labute approximate surface area is 257 Å². The van der Waals surface area contributed by atoms with Gasteiger partial charge in [0.15, 0.2) is 0 Å². The number of aryl methyl sites for hydroxylation is 3. The van der Waals surface area contributed by atoms with Gasteiger partial charge in [-0.25, -0.2) is 8.42 Å². The van der Waals surface area contributed by atoms with Gasteiger partial charge in [-0.15, -0.1) is 0 Å². The van der Waals surface area contributed by atoms with Gasteiger partial charge in [-0.3, -0.25) is 13.9 Å². The average molecular weight is 604 g/mol. The molecule has 1 fully saturated rings. The molecular formula is C35H45N3O4S. The van der Waals surface area contributed by atoms with Crippen molar-refractivity contribution < 1.29 is 18.0 Å². The lowest BCUT2D eigenvalue weighted by molar-refractivity contribution is -0.140. The molecule has 0 saturated heterocycles. The number of hydrogen-bond donors (Lipinski definition) is 1. The highest BCUT2D eigenvalue weighted by Gasteiger charge is 2.35. The van der Waals surface area contributed by atoms with Crippen molar-refractivity contribution in [2.45, 2.75) is 96.2 Å². The molecular weight excluding hydrogens is 558 g/mol. The van der Waals surface area contributed by atoms with Gasteiger partial charge in [0.1, 0.15) is 12.6 Å². The zero-order valence-corrected chi connectivity index (χ0v) is 26.7. The molecule has 1 atom stereocenters. The number of anilines is 1. The van der Waals surface area contributed by atoms with E-state index in [1.807, 2.05) is 64.1 Å². The molecule has 8 heteroatoms. The molecule has 4 rings (SSSR count). The third kappa shape index (κ3) is 8.05. The Morgan fingerprint density at radius 2 is 1.58 bits per heavy atom. The molecule has 0 radical (unpaired) electrons. The summed E-state index contributed by atoms with van der Waals surface area (Å²) in [6.45, 7) is 7.52. The first-order valence-corrected chi connectivity index (χ1v) is 16.9. The molecule has 3 aromatic carbocycles. The van der Waals surface area contributed by atoms with Crippen molar-refractivity contribution in [2.75, 3.05) is 10.8 Å². The molecule has 0 unspecified atom stereocenters. The number of para-hydroxylation sites is 1. The van der Waals surface area contributed by atoms with Crippen LogP contribution < -0.4 is 9.62 Å². The van der Waals surface area contributed by atoms with Crippen molar-refractivity contribution in [1.29, 1.82) is 0 Å². The number of nitrogens with one attached hydrogen (secondary N) is 1. The predicted octanol–water partition coefficient (Wildman–Crippen LogP) is 6.32. The summed E-state index contributed by atoms with van der Waals surface area (Å²) in [5.74, 6) is -0.606. The number of nitrogens with zero attached hydrogens (tertiary/aromatic N) is 2. The van der Waals surface area contributed by atoms with Crippen molar-refractivity contribution in [1.82, 2.24) is 10.2 Å². The quantitative estimate of drug-likeness (QED) is 0.263. The van der Waals surface area contributed by atoms with E-state index >= 15 is 0 Å². The van der Waals surface area contributed by atoms with E-state index in [4.69, 9.17) is 0 Å². The lowest BCUT2D eigenvalue weighted by Gasteiger charge is -2.35. The Hall–Kier alpha value is -3.65. The second kappa shape index (κ2) is 14.7. The van der Waals surface area contributed by atoms with Gasteiger partial charge in [0, 0.05) is 12.6 Å². The molecule has 230 valence electrons. The van der Waals surface area contributed by atoms with Crippen LogP contribution in [0.5, 0.6) is 0 Å². The Balaban J connectivity index is 1.73. The fourth-order valence-corrected chi connectivity index (χ4v) is 7.33. The van der Waals surface area contributed by atoms with Crippen LogP contribution in [0.4, 0.5) is 5.69 Å². The van der Waals surface area contributed by atoms with Crippen molar-refractivity contribution in [2.24, 2.45) is 0 Å². The number of benzene rings is 3. The van der Waals surface area contributed by atoms with Crippen LogP contribution in [0.1, 0.15) is 74.6 Å². The van der Waals surface area contributed by atoms with Crippen LogP contribution in [-0.4, -0.2) is 43.8 Å². The number of carbonyl (C=O) groups is 2. The SMILES string of the molecule is CCc1ccccc1N(CC(=O)N(Cc1cccc(C)c1)[C@H](CC)C(=O)NC1CCCCC1)S(=O)(=O)c1ccc(C)cc1. The van der Waals surface area contributed by atoms with Crippen molar-refractivity contribution in [3.05, 3.63) is 95.1 Å². The van der Waals surface area contributed by atoms with E-state index in [1.165, 1.54) is 10.7 Å². The Kier molecular flexibility index (Phi) is 11.0. The van der Waals surface area contributed by atoms with Crippen LogP contribution in [0.2, 0.25) is 0 Å². The van der Waals surface area contributed by atoms with Crippen LogP contribution in [-0.2, 0) is 32.6 Å². The van der Waals surface area contributed by atoms with E-state index in [9.17, 15) is 18.0 Å². The van der Waals surface area contributed by atoms with E-state index in [2.05, 4.69) is 5.32 Å². The Bertz CT molecular complexity index is 1500. The zero-order chi connectivity index (χ0) is 31.0. The molecule has 0 aliphatic heterocycles. The number of sulfonamides is 1. The maximum atomic E-state index is 14.4. The molecule has 2 amide bonds. The maximum Gasteiger partial charge on any atom is 0.264 e. The second-order valence-electron chi connectivity index (χ2n) is 11.6. The lowest BCUT2D eigenvalue weighted by Crippen LogP contribution is -2.54. The van der Waals surface area contributed by atoms with Crippen molar-refractivity contribution in [3.63, 3.8) is 0 Å². The summed E-state index contributed by atoms with van der Waals surface area (Å²) < 4.78 is 29.6. The van der Waals surface area contributed by atoms with Gasteiger partial charge in [0.25, 0.3) is 10.0 Å². The summed E-state index contributed by atoms with van der Waals surface area (Å²) in [5, 5.41) is 3.20. The molecule has 1 N–H and O–H groups in total. The van der Waals surface area contributed by atoms with E-state index < -0.39 is 28.5 Å². The maximum absolute atomic E-state index is 14.4. The molecule has 0 spiro atoms. The van der Waals surface area contributed by atoms with E-state index in [0.29, 0.717) is 18.5 Å². The highest BCUT2D eigenvalue weighted by molar-refractivity contribution is 7.92. The van der Waals surface area contributed by atoms with Gasteiger partial charge in [0.05, 0.1) is 10.6 Å². The van der Waals surface area contributed by atoms with Gasteiger partial charge in [-0.05, 0) is 68.9 Å². The zero-order valence-electron chi connectivity index (χ0n) is 25.9. The summed E-state index contributed by atoms with van der Waals surface area (Å²) in [5.41, 5.74) is 4.16. The minimum Gasteiger partial charge on any atom is -0.352 e. The van der Waals surface area contributed by atoms with Gasteiger partial charge >= 0.3 is 0 Å². The third-order valence-corrected chi connectivity index (χ3v) is 10.1. The minimum absolute atomic E-state index is 0.0982. The average Bonchev–Trinajstić information content (AvgIpc) is 3.00. The molecule has 43 heavy (non-hydrogen) atoms. The number of rotatable bonds is 12. The van der Waals surface area contributed by atoms with Gasteiger partial charge in [-0.1, -0.05) is 98.8 Å². The van der Waals surface area contributed by atoms with E-state index in [1.54, 1.807) is 41.3 Å². The molecule has 7 nitrogen and oxygen atoms in total. The summed E-state index contributed by atoms with van der Waals surface area (Å²) in [4.78, 5) is 29.8. The predicted molar refractivity (Wildman–Crippen MR) is 172 cm³/mol. The fraction of sp³-hybridized carbons (Fsp3) is 0.429. The molecule has 0 aromatic heterocycles. The Morgan fingerprint density at radius 1 is 0.884 bits per heavy atom. The summed E-state index contributed by atoms with van der Waals surface area (Å²) in [6, 6.07) is 21.2. The molecule has 1 aliphatic carbocycles. The first-order chi connectivity index (χ1) is 20.6. The summed E-state index contributed by atoms with van der Waals surface area (Å²) in [6.07, 6.45) is 6.21. The molecule has 1 saturated carbocycles. The van der Waals surface area contributed by atoms with Crippen molar-refractivity contribution >= 4 is 27.5 Å². The monoisotopic (exact) mass is 603 g/mol. The van der Waals surface area contributed by atoms with E-state index in [0.717, 1.165) is 47.9 Å². The summed E-state index contributed by atoms with van der Waals surface area (Å²) >= 11 is 0. The normalized spacial score (nSPS) is 14.6. The standard InChI is InChI=1S/C35H45N3O4S/c1-5-29-15-10-11-18-33(29)38(43(41,42)31-21-19-26(3)20-22-31)25-34(39)37(24-28-14-12-13-27(4)23-28)32(6-2)35(40)36-30-16-8-7-9-17-30/h10-15,18-23,30,32H,5-9,16-17,24-25H2,1-4H3,(H,36,40)/t32-/m1/s1. The van der Waals surface area contributed by atoms with E-state index in [-0.39, 0.29) is 23.4 Å². The second-order valence-corrected chi connectivity index (χ2v) is 13.4. The van der Waals surface area contributed by atoms with Gasteiger partial charge < -0.3 is 10.2 Å². The fourth-order valence-electron chi connectivity index (χ4n) is 5.87. The van der Waals surface area contributed by atoms with Gasteiger partial charge in [0.2, 0.25) is 11.8 Å². The molecule has 0 heterocycles. The van der Waals surface area contributed by atoms with Crippen LogP contribution in [0.3, 0.4) is 0 Å². The third-order valence-electron chi connectivity index (χ3n) is 8.30. The highest BCUT2D eigenvalue weighted by Crippen LogP contribution is 2.29. The molecule has 1 aliphatic rings. The highest BCUT2D eigenvalue weighted by atomic mass is 32.2. The van der Waals surface area contributed by atoms with Gasteiger partial charge in [-0.2, -0.15) is 0 Å².